The van der Waals surface area contributed by atoms with E-state index in [9.17, 15) is 5.11 Å². The van der Waals surface area contributed by atoms with Crippen LogP contribution in [0.2, 0.25) is 0 Å². The van der Waals surface area contributed by atoms with E-state index in [0.29, 0.717) is 11.6 Å². The fourth-order valence-corrected chi connectivity index (χ4v) is 9.90. The summed E-state index contributed by atoms with van der Waals surface area (Å²) in [6.07, 6.45) is 3.96. The number of aromatic hydroxyl groups is 1. The molecule has 0 bridgehead atoms. The molecule has 346 valence electrons. The number of phenols is 1. The molecule has 8 aromatic rings. The van der Waals surface area contributed by atoms with E-state index >= 15 is 0 Å². The zero-order valence-electron chi connectivity index (χ0n) is 41.7. The predicted octanol–water partition coefficient (Wildman–Crippen LogP) is 16.5. The molecule has 5 heteroatoms. The quantitative estimate of drug-likeness (QED) is 0.169. The van der Waals surface area contributed by atoms with Gasteiger partial charge < -0.3 is 5.11 Å². The second-order valence-electron chi connectivity index (χ2n) is 23.1. The number of fused-ring (bicyclic) bond motifs is 2. The minimum atomic E-state index is -0.212. The fourth-order valence-electron chi connectivity index (χ4n) is 9.90. The molecular formula is C62H66N3OPt-. The molecule has 1 aliphatic carbocycles. The Bertz CT molecular complexity index is 3130. The molecule has 2 heterocycles. The van der Waals surface area contributed by atoms with Crippen LogP contribution in [0.1, 0.15) is 131 Å². The zero-order valence-corrected chi connectivity index (χ0v) is 44.0. The standard InChI is InChI=1S/C62H66N3O.Pt/c1-58(2,3)44-24-22-39(23-25-44)41-30-33-63-51(37-41)43-34-42(35-46(36-43)60(7,8)9)47-20-17-21-53-55(47)64-57(48-27-28-50-54(56(48)66)62(12,13)32-31-61(50,10)11)65(53)52-29-26-45(59(4,5)6)38-49(52)40-18-15-14-16-19-40;/h14-30,33,35-38,66H,31-32H2,1-13H3;/q-1;. The van der Waals surface area contributed by atoms with Crippen LogP contribution in [-0.4, -0.2) is 19.6 Å². The zero-order chi connectivity index (χ0) is 47.1. The fraction of sp³-hybridized carbons (Fsp3) is 0.323. The number of benzene rings is 6. The van der Waals surface area contributed by atoms with E-state index in [1.165, 1.54) is 22.3 Å². The third kappa shape index (κ3) is 9.00. The number of para-hydroxylation sites is 1. The number of imidazole rings is 1. The number of hydrogen-bond acceptors (Lipinski definition) is 3. The normalized spacial score (nSPS) is 14.7. The van der Waals surface area contributed by atoms with Gasteiger partial charge in [0.1, 0.15) is 11.6 Å². The molecule has 9 rings (SSSR count). The van der Waals surface area contributed by atoms with Gasteiger partial charge in [0.2, 0.25) is 0 Å². The predicted molar refractivity (Wildman–Crippen MR) is 278 cm³/mol. The van der Waals surface area contributed by atoms with Gasteiger partial charge >= 0.3 is 0 Å². The van der Waals surface area contributed by atoms with E-state index in [0.717, 1.165) is 85.3 Å². The SMILES string of the molecule is CC(C)(C)c1ccc(-c2ccnc(-c3[c-]c(-c4cccc5c4nc(-c4ccc6c(c4O)C(C)(C)CCC6(C)C)n5-c4ccc(C(C)(C)C)cc4-c4ccccc4)cc(C(C)(C)C)c3)c2)cc1.[Pt]. The van der Waals surface area contributed by atoms with Crippen LogP contribution in [0.5, 0.6) is 5.75 Å². The molecular weight excluding hydrogens is 998 g/mol. The van der Waals surface area contributed by atoms with Gasteiger partial charge in [-0.2, -0.15) is 0 Å². The van der Waals surface area contributed by atoms with Crippen LogP contribution in [0.15, 0.2) is 134 Å². The number of nitrogens with zero attached hydrogens (tertiary/aromatic N) is 3. The van der Waals surface area contributed by atoms with Crippen LogP contribution >= 0.6 is 0 Å². The second kappa shape index (κ2) is 17.2. The van der Waals surface area contributed by atoms with Gasteiger partial charge in [-0.3, -0.25) is 9.55 Å². The Morgan fingerprint density at radius 2 is 1.19 bits per heavy atom. The molecule has 0 aliphatic heterocycles. The van der Waals surface area contributed by atoms with Crippen LogP contribution in [-0.2, 0) is 48.1 Å². The summed E-state index contributed by atoms with van der Waals surface area (Å²) in [6.45, 7) is 29.5. The maximum atomic E-state index is 12.8. The van der Waals surface area contributed by atoms with Gasteiger partial charge in [0.05, 0.1) is 22.3 Å². The van der Waals surface area contributed by atoms with E-state index in [1.807, 2.05) is 6.20 Å². The number of rotatable bonds is 6. The van der Waals surface area contributed by atoms with E-state index in [4.69, 9.17) is 9.97 Å². The summed E-state index contributed by atoms with van der Waals surface area (Å²) in [5.41, 5.74) is 17.3. The first-order valence-electron chi connectivity index (χ1n) is 23.8. The van der Waals surface area contributed by atoms with Crippen molar-refractivity contribution in [1.29, 1.82) is 0 Å². The Kier molecular flexibility index (Phi) is 12.3. The van der Waals surface area contributed by atoms with Crippen molar-refractivity contribution < 1.29 is 26.2 Å². The third-order valence-electron chi connectivity index (χ3n) is 14.2. The molecule has 2 aromatic heterocycles. The molecule has 0 radical (unpaired) electrons. The van der Waals surface area contributed by atoms with Crippen molar-refractivity contribution in [3.63, 3.8) is 0 Å². The minimum absolute atomic E-state index is 0. The first-order valence-corrected chi connectivity index (χ1v) is 23.8. The molecule has 6 aromatic carbocycles. The number of hydrogen-bond donors (Lipinski definition) is 1. The van der Waals surface area contributed by atoms with Crippen LogP contribution < -0.4 is 0 Å². The van der Waals surface area contributed by atoms with Gasteiger partial charge in [-0.15, -0.1) is 29.3 Å². The summed E-state index contributed by atoms with van der Waals surface area (Å²) in [4.78, 5) is 10.6. The van der Waals surface area contributed by atoms with Gasteiger partial charge in [-0.1, -0.05) is 186 Å². The molecule has 0 saturated carbocycles. The molecule has 4 nitrogen and oxygen atoms in total. The van der Waals surface area contributed by atoms with Crippen molar-refractivity contribution >= 4 is 11.0 Å². The van der Waals surface area contributed by atoms with Crippen LogP contribution in [0, 0.1) is 6.07 Å². The van der Waals surface area contributed by atoms with Crippen molar-refractivity contribution in [1.82, 2.24) is 14.5 Å². The summed E-state index contributed by atoms with van der Waals surface area (Å²) < 4.78 is 2.29. The maximum absolute atomic E-state index is 12.8. The monoisotopic (exact) mass is 1060 g/mol. The average Bonchev–Trinajstić information content (AvgIpc) is 3.66. The third-order valence-corrected chi connectivity index (χ3v) is 14.2. The summed E-state index contributed by atoms with van der Waals surface area (Å²) in [7, 11) is 0. The van der Waals surface area contributed by atoms with Crippen LogP contribution in [0.25, 0.3) is 72.7 Å². The maximum Gasteiger partial charge on any atom is 0.148 e. The molecule has 1 N–H and O–H groups in total. The van der Waals surface area contributed by atoms with Gasteiger partial charge in [0, 0.05) is 44.1 Å². The van der Waals surface area contributed by atoms with Gasteiger partial charge in [0.25, 0.3) is 0 Å². The second-order valence-corrected chi connectivity index (χ2v) is 23.1. The van der Waals surface area contributed by atoms with Gasteiger partial charge in [0.15, 0.2) is 0 Å². The Labute approximate surface area is 414 Å². The summed E-state index contributed by atoms with van der Waals surface area (Å²) in [5.74, 6) is 1.02. The van der Waals surface area contributed by atoms with E-state index in [2.05, 4.69) is 228 Å². The van der Waals surface area contributed by atoms with E-state index in [-0.39, 0.29) is 48.1 Å². The van der Waals surface area contributed by atoms with Crippen LogP contribution in [0.3, 0.4) is 0 Å². The first kappa shape index (κ1) is 47.9. The summed E-state index contributed by atoms with van der Waals surface area (Å²) in [6, 6.07) is 50.0. The van der Waals surface area contributed by atoms with E-state index in [1.54, 1.807) is 0 Å². The number of aromatic nitrogens is 3. The molecule has 0 unspecified atom stereocenters. The molecule has 0 fully saturated rings. The number of pyridine rings is 1. The molecule has 0 amide bonds. The van der Waals surface area contributed by atoms with Crippen molar-refractivity contribution in [2.24, 2.45) is 0 Å². The van der Waals surface area contributed by atoms with Crippen LogP contribution in [0.4, 0.5) is 0 Å². The molecule has 0 atom stereocenters. The Hall–Kier alpha value is -5.57. The molecule has 67 heavy (non-hydrogen) atoms. The largest absolute Gasteiger partial charge is 0.507 e. The summed E-state index contributed by atoms with van der Waals surface area (Å²) in [5, 5.41) is 12.8. The van der Waals surface area contributed by atoms with Crippen molar-refractivity contribution in [3.05, 3.63) is 167 Å². The minimum Gasteiger partial charge on any atom is -0.507 e. The summed E-state index contributed by atoms with van der Waals surface area (Å²) >= 11 is 0. The van der Waals surface area contributed by atoms with Gasteiger partial charge in [-0.25, -0.2) is 4.98 Å². The first-order chi connectivity index (χ1) is 31.0. The van der Waals surface area contributed by atoms with Gasteiger partial charge in [-0.05, 0) is 104 Å². The Morgan fingerprint density at radius 3 is 1.87 bits per heavy atom. The Balaban J connectivity index is 0.00000608. The average molecular weight is 1060 g/mol. The topological polar surface area (TPSA) is 50.9 Å². The molecule has 0 saturated heterocycles. The smallest absolute Gasteiger partial charge is 0.148 e. The van der Waals surface area contributed by atoms with Crippen molar-refractivity contribution in [2.75, 3.05) is 0 Å². The molecule has 1 aliphatic rings. The Morgan fingerprint density at radius 1 is 0.552 bits per heavy atom. The molecule has 0 spiro atoms. The van der Waals surface area contributed by atoms with E-state index < -0.39 is 0 Å². The number of phenolic OH excluding ortho intramolecular Hbond substituents is 1. The van der Waals surface area contributed by atoms with Crippen molar-refractivity contribution in [2.45, 2.75) is 130 Å². The van der Waals surface area contributed by atoms with Crippen molar-refractivity contribution in [3.8, 4) is 67.5 Å².